The molecule has 0 radical (unpaired) electrons. The van der Waals surface area contributed by atoms with Crippen LogP contribution in [0, 0.1) is 5.92 Å². The van der Waals surface area contributed by atoms with Gasteiger partial charge in [-0.2, -0.15) is 12.6 Å². The minimum atomic E-state index is -1.23. The van der Waals surface area contributed by atoms with Gasteiger partial charge >= 0.3 is 5.97 Å². The van der Waals surface area contributed by atoms with Crippen molar-refractivity contribution in [2.75, 3.05) is 18.8 Å². The number of carboxylic acid groups (broad SMARTS) is 1. The number of thiol groups is 1. The molecule has 13 nitrogen and oxygen atoms in total. The summed E-state index contributed by atoms with van der Waals surface area (Å²) in [6.45, 7) is 4.34. The second kappa shape index (κ2) is 17.8. The fourth-order valence-electron chi connectivity index (χ4n) is 3.09. The number of carbonyl (C=O) groups is 4. The van der Waals surface area contributed by atoms with Crippen LogP contribution in [0.4, 0.5) is 0 Å². The topological polar surface area (TPSA) is 241 Å². The van der Waals surface area contributed by atoms with E-state index in [1.54, 1.807) is 6.92 Å². The fraction of sp³-hybridized carbons (Fsp3) is 0.762. The summed E-state index contributed by atoms with van der Waals surface area (Å²) in [5.41, 5.74) is 22.0. The number of unbranched alkanes of at least 4 members (excludes halogenated alkanes) is 1. The average Bonchev–Trinajstić information content (AvgIpc) is 2.81. The van der Waals surface area contributed by atoms with Gasteiger partial charge in [-0.05, 0) is 44.6 Å². The van der Waals surface area contributed by atoms with Gasteiger partial charge in [0.2, 0.25) is 17.7 Å². The summed E-state index contributed by atoms with van der Waals surface area (Å²) in [5.74, 6) is -3.42. The first-order valence-electron chi connectivity index (χ1n) is 11.7. The zero-order valence-corrected chi connectivity index (χ0v) is 21.4. The zero-order chi connectivity index (χ0) is 27.0. The highest BCUT2D eigenvalue weighted by Gasteiger charge is 2.32. The normalized spacial score (nSPS) is 15.1. The van der Waals surface area contributed by atoms with E-state index in [1.807, 2.05) is 6.92 Å². The summed E-state index contributed by atoms with van der Waals surface area (Å²) in [4.78, 5) is 53.6. The van der Waals surface area contributed by atoms with E-state index < -0.39 is 47.9 Å². The number of aliphatic imine (C=N–C) groups is 1. The molecule has 0 rings (SSSR count). The molecule has 0 aliphatic rings. The summed E-state index contributed by atoms with van der Waals surface area (Å²) < 4.78 is 0. The minimum absolute atomic E-state index is 0.0522. The van der Waals surface area contributed by atoms with Gasteiger partial charge in [0.25, 0.3) is 0 Å². The van der Waals surface area contributed by atoms with Crippen LogP contribution in [0.2, 0.25) is 0 Å². The third-order valence-corrected chi connectivity index (χ3v) is 5.84. The van der Waals surface area contributed by atoms with Crippen molar-refractivity contribution in [1.82, 2.24) is 16.0 Å². The lowest BCUT2D eigenvalue weighted by molar-refractivity contribution is -0.142. The standard InChI is InChI=1S/C21H42N8O5S/c1-3-12(2)16(19(32)28-15(11-35)20(33)34)29-18(31)14(8-4-5-9-22)27-17(30)13(23)7-6-10-26-21(24)25/h12-16,35H,3-11,22-23H2,1-2H3,(H,27,30)(H,28,32)(H,29,31)(H,33,34)(H4,24,25,26). The van der Waals surface area contributed by atoms with E-state index >= 15 is 0 Å². The van der Waals surface area contributed by atoms with Crippen LogP contribution in [-0.2, 0) is 19.2 Å². The van der Waals surface area contributed by atoms with E-state index in [9.17, 15) is 24.3 Å². The molecule has 35 heavy (non-hydrogen) atoms. The van der Waals surface area contributed by atoms with Gasteiger partial charge in [-0.15, -0.1) is 0 Å². The van der Waals surface area contributed by atoms with Crippen molar-refractivity contribution in [3.05, 3.63) is 0 Å². The van der Waals surface area contributed by atoms with Crippen molar-refractivity contribution in [2.24, 2.45) is 33.8 Å². The molecule has 0 fully saturated rings. The van der Waals surface area contributed by atoms with Gasteiger partial charge in [0.1, 0.15) is 18.1 Å². The predicted molar refractivity (Wildman–Crippen MR) is 138 cm³/mol. The van der Waals surface area contributed by atoms with Crippen LogP contribution in [0.15, 0.2) is 4.99 Å². The van der Waals surface area contributed by atoms with Crippen LogP contribution >= 0.6 is 12.6 Å². The maximum atomic E-state index is 13.1. The van der Waals surface area contributed by atoms with E-state index in [2.05, 4.69) is 33.6 Å². The summed E-state index contributed by atoms with van der Waals surface area (Å²) in [5, 5.41) is 16.9. The summed E-state index contributed by atoms with van der Waals surface area (Å²) in [6.07, 6.45) is 2.82. The molecular weight excluding hydrogens is 476 g/mol. The van der Waals surface area contributed by atoms with E-state index in [4.69, 9.17) is 22.9 Å². The molecule has 12 N–H and O–H groups in total. The van der Waals surface area contributed by atoms with Crippen LogP contribution in [0.1, 0.15) is 52.4 Å². The molecular formula is C21H42N8O5S. The maximum absolute atomic E-state index is 13.1. The number of nitrogens with two attached hydrogens (primary N) is 4. The quantitative estimate of drug-likeness (QED) is 0.0421. The van der Waals surface area contributed by atoms with Crippen molar-refractivity contribution in [2.45, 2.75) is 76.5 Å². The Morgan fingerprint density at radius 3 is 2.09 bits per heavy atom. The molecule has 14 heteroatoms. The van der Waals surface area contributed by atoms with Crippen molar-refractivity contribution in [3.63, 3.8) is 0 Å². The highest BCUT2D eigenvalue weighted by Crippen LogP contribution is 2.11. The zero-order valence-electron chi connectivity index (χ0n) is 20.5. The Balaban J connectivity index is 5.38. The molecule has 0 spiro atoms. The molecule has 3 amide bonds. The van der Waals surface area contributed by atoms with Gasteiger partial charge in [0.05, 0.1) is 6.04 Å². The second-order valence-electron chi connectivity index (χ2n) is 8.35. The molecule has 202 valence electrons. The number of aliphatic carboxylic acids is 1. The van der Waals surface area contributed by atoms with Crippen molar-refractivity contribution in [3.8, 4) is 0 Å². The number of nitrogens with zero attached hydrogens (tertiary/aromatic N) is 1. The van der Waals surface area contributed by atoms with Gasteiger partial charge in [0.15, 0.2) is 5.96 Å². The van der Waals surface area contributed by atoms with Crippen molar-refractivity contribution < 1.29 is 24.3 Å². The smallest absolute Gasteiger partial charge is 0.327 e. The SMILES string of the molecule is CCC(C)C(NC(=O)C(CCCCN)NC(=O)C(N)CCCN=C(N)N)C(=O)NC(CS)C(=O)O. The monoisotopic (exact) mass is 518 g/mol. The fourth-order valence-corrected chi connectivity index (χ4v) is 3.34. The van der Waals surface area contributed by atoms with E-state index in [-0.39, 0.29) is 17.6 Å². The molecule has 0 aromatic heterocycles. The summed E-state index contributed by atoms with van der Waals surface area (Å²) in [7, 11) is 0. The molecule has 5 atom stereocenters. The number of guanidine groups is 1. The number of nitrogens with one attached hydrogen (secondary N) is 3. The second-order valence-corrected chi connectivity index (χ2v) is 8.72. The van der Waals surface area contributed by atoms with E-state index in [0.717, 1.165) is 0 Å². The van der Waals surface area contributed by atoms with Gasteiger partial charge in [-0.25, -0.2) is 4.79 Å². The molecule has 0 aromatic rings. The Labute approximate surface area is 212 Å². The third-order valence-electron chi connectivity index (χ3n) is 5.47. The first-order valence-corrected chi connectivity index (χ1v) is 12.4. The Morgan fingerprint density at radius 2 is 1.57 bits per heavy atom. The largest absolute Gasteiger partial charge is 0.480 e. The molecule has 0 saturated carbocycles. The minimum Gasteiger partial charge on any atom is -0.480 e. The van der Waals surface area contributed by atoms with Crippen LogP contribution in [-0.4, -0.2) is 77.8 Å². The predicted octanol–water partition coefficient (Wildman–Crippen LogP) is -1.99. The number of carbonyl (C=O) groups excluding carboxylic acids is 3. The number of carboxylic acids is 1. The summed E-state index contributed by atoms with van der Waals surface area (Å²) in [6, 6.07) is -4.03. The molecule has 5 unspecified atom stereocenters. The van der Waals surface area contributed by atoms with Gasteiger partial charge in [-0.1, -0.05) is 20.3 Å². The lowest BCUT2D eigenvalue weighted by atomic mass is 9.97. The Hall–Kier alpha value is -2.58. The Morgan fingerprint density at radius 1 is 0.943 bits per heavy atom. The number of hydrogen-bond acceptors (Lipinski definition) is 8. The highest BCUT2D eigenvalue weighted by molar-refractivity contribution is 7.80. The van der Waals surface area contributed by atoms with E-state index in [0.29, 0.717) is 51.6 Å². The summed E-state index contributed by atoms with van der Waals surface area (Å²) >= 11 is 3.95. The first-order chi connectivity index (χ1) is 16.5. The van der Waals surface area contributed by atoms with Crippen LogP contribution in [0.5, 0.6) is 0 Å². The first kappa shape index (κ1) is 32.4. The Bertz CT molecular complexity index is 720. The van der Waals surface area contributed by atoms with Crippen molar-refractivity contribution in [1.29, 1.82) is 0 Å². The van der Waals surface area contributed by atoms with Crippen LogP contribution in [0.25, 0.3) is 0 Å². The lowest BCUT2D eigenvalue weighted by Crippen LogP contribution is -2.58. The Kier molecular flexibility index (Phi) is 16.5. The third kappa shape index (κ3) is 13.2. The number of rotatable bonds is 18. The average molecular weight is 519 g/mol. The highest BCUT2D eigenvalue weighted by atomic mass is 32.1. The van der Waals surface area contributed by atoms with Gasteiger partial charge < -0.3 is 44.0 Å². The molecule has 0 bridgehead atoms. The number of hydrogen-bond donors (Lipinski definition) is 9. The molecule has 0 aliphatic heterocycles. The lowest BCUT2D eigenvalue weighted by Gasteiger charge is -2.28. The van der Waals surface area contributed by atoms with Gasteiger partial charge in [-0.3, -0.25) is 19.4 Å². The van der Waals surface area contributed by atoms with E-state index in [1.165, 1.54) is 0 Å². The molecule has 0 aromatic carbocycles. The van der Waals surface area contributed by atoms with Crippen molar-refractivity contribution >= 4 is 42.3 Å². The number of amides is 3. The van der Waals surface area contributed by atoms with Gasteiger partial charge in [0, 0.05) is 12.3 Å². The van der Waals surface area contributed by atoms with Crippen LogP contribution < -0.4 is 38.9 Å². The molecule has 0 aliphatic carbocycles. The van der Waals surface area contributed by atoms with Crippen LogP contribution in [0.3, 0.4) is 0 Å². The molecule has 0 saturated heterocycles. The maximum Gasteiger partial charge on any atom is 0.327 e. The molecule has 0 heterocycles.